The predicted molar refractivity (Wildman–Crippen MR) is 69.4 cm³/mol. The van der Waals surface area contributed by atoms with E-state index in [4.69, 9.17) is 11.5 Å². The number of benzene rings is 1. The SMILES string of the molecule is CC(c1ccccc1F)N(C)C(=O)C(N)CC(N)=O. The monoisotopic (exact) mass is 267 g/mol. The molecule has 2 amide bonds. The van der Waals surface area contributed by atoms with Gasteiger partial charge >= 0.3 is 0 Å². The van der Waals surface area contributed by atoms with E-state index in [1.807, 2.05) is 0 Å². The first-order valence-corrected chi connectivity index (χ1v) is 5.89. The van der Waals surface area contributed by atoms with Gasteiger partial charge in [-0.05, 0) is 13.0 Å². The first-order valence-electron chi connectivity index (χ1n) is 5.89. The van der Waals surface area contributed by atoms with Gasteiger partial charge in [-0.25, -0.2) is 4.39 Å². The zero-order chi connectivity index (χ0) is 14.6. The largest absolute Gasteiger partial charge is 0.370 e. The van der Waals surface area contributed by atoms with Crippen LogP contribution in [0.5, 0.6) is 0 Å². The minimum atomic E-state index is -1.00. The lowest BCUT2D eigenvalue weighted by atomic mass is 10.1. The van der Waals surface area contributed by atoms with Crippen molar-refractivity contribution in [1.82, 2.24) is 4.90 Å². The van der Waals surface area contributed by atoms with Gasteiger partial charge in [0.05, 0.1) is 18.5 Å². The van der Waals surface area contributed by atoms with Crippen LogP contribution in [0.4, 0.5) is 4.39 Å². The van der Waals surface area contributed by atoms with E-state index in [-0.39, 0.29) is 6.42 Å². The van der Waals surface area contributed by atoms with Crippen LogP contribution in [-0.2, 0) is 9.59 Å². The van der Waals surface area contributed by atoms with Crippen LogP contribution >= 0.6 is 0 Å². The first-order chi connectivity index (χ1) is 8.84. The summed E-state index contributed by atoms with van der Waals surface area (Å²) in [6.45, 7) is 1.69. The smallest absolute Gasteiger partial charge is 0.240 e. The van der Waals surface area contributed by atoms with Crippen LogP contribution in [0.25, 0.3) is 0 Å². The summed E-state index contributed by atoms with van der Waals surface area (Å²) in [7, 11) is 1.51. The summed E-state index contributed by atoms with van der Waals surface area (Å²) in [5.74, 6) is -1.49. The Labute approximate surface area is 111 Å². The Balaban J connectivity index is 2.82. The highest BCUT2D eigenvalue weighted by Crippen LogP contribution is 2.22. The summed E-state index contributed by atoms with van der Waals surface area (Å²) in [6.07, 6.45) is -0.229. The van der Waals surface area contributed by atoms with E-state index in [9.17, 15) is 14.0 Å². The van der Waals surface area contributed by atoms with E-state index in [1.165, 1.54) is 18.0 Å². The molecule has 1 aromatic rings. The van der Waals surface area contributed by atoms with Crippen LogP contribution in [0.1, 0.15) is 24.9 Å². The molecule has 6 heteroatoms. The third kappa shape index (κ3) is 3.75. The molecule has 1 rings (SSSR count). The molecule has 0 aliphatic carbocycles. The standard InChI is InChI=1S/C13H18FN3O2/c1-8(9-5-3-4-6-10(9)14)17(2)13(19)11(15)7-12(16)18/h3-6,8,11H,7,15H2,1-2H3,(H2,16,18). The van der Waals surface area contributed by atoms with E-state index in [0.29, 0.717) is 5.56 Å². The van der Waals surface area contributed by atoms with E-state index in [2.05, 4.69) is 0 Å². The van der Waals surface area contributed by atoms with Gasteiger partial charge < -0.3 is 16.4 Å². The van der Waals surface area contributed by atoms with Gasteiger partial charge in [0.2, 0.25) is 11.8 Å². The van der Waals surface area contributed by atoms with Crippen LogP contribution in [0.15, 0.2) is 24.3 Å². The molecule has 0 saturated carbocycles. The molecule has 0 spiro atoms. The molecule has 0 radical (unpaired) electrons. The molecule has 0 aromatic heterocycles. The normalized spacial score (nSPS) is 13.7. The Hall–Kier alpha value is -1.95. The second kappa shape index (κ2) is 6.29. The van der Waals surface area contributed by atoms with Gasteiger partial charge in [0, 0.05) is 12.6 Å². The molecule has 2 atom stereocenters. The lowest BCUT2D eigenvalue weighted by molar-refractivity contribution is -0.135. The number of halogens is 1. The van der Waals surface area contributed by atoms with Crippen molar-refractivity contribution in [1.29, 1.82) is 0 Å². The number of hydrogen-bond acceptors (Lipinski definition) is 3. The van der Waals surface area contributed by atoms with Gasteiger partial charge in [-0.2, -0.15) is 0 Å². The average molecular weight is 267 g/mol. The second-order valence-corrected chi connectivity index (χ2v) is 4.42. The molecule has 19 heavy (non-hydrogen) atoms. The van der Waals surface area contributed by atoms with Crippen molar-refractivity contribution in [3.8, 4) is 0 Å². The number of carbonyl (C=O) groups is 2. The fourth-order valence-electron chi connectivity index (χ4n) is 1.78. The summed E-state index contributed by atoms with van der Waals surface area (Å²) in [5.41, 5.74) is 11.0. The number of primary amides is 1. The van der Waals surface area contributed by atoms with Crippen LogP contribution in [-0.4, -0.2) is 29.8 Å². The van der Waals surface area contributed by atoms with E-state index < -0.39 is 29.7 Å². The predicted octanol–water partition coefficient (Wildman–Crippen LogP) is 0.548. The lowest BCUT2D eigenvalue weighted by Crippen LogP contribution is -2.44. The molecule has 4 N–H and O–H groups in total. The molecule has 0 bridgehead atoms. The maximum atomic E-state index is 13.6. The van der Waals surface area contributed by atoms with Crippen molar-refractivity contribution >= 4 is 11.8 Å². The van der Waals surface area contributed by atoms with Crippen LogP contribution in [0, 0.1) is 5.82 Å². The van der Waals surface area contributed by atoms with Gasteiger partial charge in [0.1, 0.15) is 5.82 Å². The lowest BCUT2D eigenvalue weighted by Gasteiger charge is -2.27. The summed E-state index contributed by atoms with van der Waals surface area (Å²) in [4.78, 5) is 24.0. The molecule has 0 saturated heterocycles. The van der Waals surface area contributed by atoms with Crippen molar-refractivity contribution < 1.29 is 14.0 Å². The number of nitrogens with zero attached hydrogens (tertiary/aromatic N) is 1. The second-order valence-electron chi connectivity index (χ2n) is 4.42. The number of amides is 2. The Morgan fingerprint density at radius 2 is 1.95 bits per heavy atom. The summed E-state index contributed by atoms with van der Waals surface area (Å²) in [6, 6.07) is 4.71. The molecule has 1 aromatic carbocycles. The van der Waals surface area contributed by atoms with Gasteiger partial charge in [0.15, 0.2) is 0 Å². The topological polar surface area (TPSA) is 89.4 Å². The number of rotatable bonds is 5. The Kier molecular flexibility index (Phi) is 5.00. The average Bonchev–Trinajstić information content (AvgIpc) is 2.36. The van der Waals surface area contributed by atoms with Gasteiger partial charge in [-0.1, -0.05) is 18.2 Å². The Morgan fingerprint density at radius 3 is 2.47 bits per heavy atom. The summed E-state index contributed by atoms with van der Waals surface area (Å²) in [5, 5.41) is 0. The Bertz CT molecular complexity index is 479. The molecular formula is C13H18FN3O2. The summed E-state index contributed by atoms with van der Waals surface area (Å²) < 4.78 is 13.6. The minimum absolute atomic E-state index is 0.229. The molecule has 0 aliphatic rings. The maximum absolute atomic E-state index is 13.6. The van der Waals surface area contributed by atoms with Gasteiger partial charge in [0.25, 0.3) is 0 Å². The number of likely N-dealkylation sites (N-methyl/N-ethyl adjacent to an activating group) is 1. The third-order valence-electron chi connectivity index (χ3n) is 3.02. The maximum Gasteiger partial charge on any atom is 0.240 e. The quantitative estimate of drug-likeness (QED) is 0.816. The van der Waals surface area contributed by atoms with E-state index in [0.717, 1.165) is 0 Å². The molecule has 2 unspecified atom stereocenters. The fraction of sp³-hybridized carbons (Fsp3) is 0.385. The number of carbonyl (C=O) groups excluding carboxylic acids is 2. The third-order valence-corrected chi connectivity index (χ3v) is 3.02. The molecule has 0 heterocycles. The van der Waals surface area contributed by atoms with Gasteiger partial charge in [-0.3, -0.25) is 9.59 Å². The molecule has 0 aliphatic heterocycles. The minimum Gasteiger partial charge on any atom is -0.370 e. The van der Waals surface area contributed by atoms with Crippen molar-refractivity contribution in [3.63, 3.8) is 0 Å². The van der Waals surface area contributed by atoms with Crippen molar-refractivity contribution in [2.24, 2.45) is 11.5 Å². The van der Waals surface area contributed by atoms with Crippen molar-refractivity contribution in [2.45, 2.75) is 25.4 Å². The first kappa shape index (κ1) is 15.1. The van der Waals surface area contributed by atoms with E-state index >= 15 is 0 Å². The molecular weight excluding hydrogens is 249 g/mol. The van der Waals surface area contributed by atoms with Crippen molar-refractivity contribution in [3.05, 3.63) is 35.6 Å². The van der Waals surface area contributed by atoms with Crippen LogP contribution in [0.3, 0.4) is 0 Å². The highest BCUT2D eigenvalue weighted by Gasteiger charge is 2.25. The number of nitrogens with two attached hydrogens (primary N) is 2. The highest BCUT2D eigenvalue weighted by molar-refractivity contribution is 5.87. The zero-order valence-electron chi connectivity index (χ0n) is 11.0. The fourth-order valence-corrected chi connectivity index (χ4v) is 1.78. The highest BCUT2D eigenvalue weighted by atomic mass is 19.1. The Morgan fingerprint density at radius 1 is 1.37 bits per heavy atom. The molecule has 0 fully saturated rings. The molecule has 104 valence electrons. The molecule has 5 nitrogen and oxygen atoms in total. The van der Waals surface area contributed by atoms with E-state index in [1.54, 1.807) is 25.1 Å². The van der Waals surface area contributed by atoms with Gasteiger partial charge in [-0.15, -0.1) is 0 Å². The van der Waals surface area contributed by atoms with Crippen molar-refractivity contribution in [2.75, 3.05) is 7.05 Å². The zero-order valence-corrected chi connectivity index (χ0v) is 11.0. The van der Waals surface area contributed by atoms with Crippen LogP contribution < -0.4 is 11.5 Å². The number of hydrogen-bond donors (Lipinski definition) is 2. The van der Waals surface area contributed by atoms with Crippen LogP contribution in [0.2, 0.25) is 0 Å². The summed E-state index contributed by atoms with van der Waals surface area (Å²) >= 11 is 0.